The molecule has 1 atom stereocenters. The maximum atomic E-state index is 12.7. The molecule has 2 aromatic rings. The molecule has 134 valence electrons. The zero-order valence-corrected chi connectivity index (χ0v) is 15.1. The molecule has 0 aliphatic heterocycles. The van der Waals surface area contributed by atoms with E-state index in [9.17, 15) is 4.79 Å². The highest BCUT2D eigenvalue weighted by molar-refractivity contribution is 5.94. The number of fused-ring (bicyclic) bond motifs is 1. The van der Waals surface area contributed by atoms with Gasteiger partial charge in [-0.25, -0.2) is 4.68 Å². The number of aliphatic hydroxyl groups is 1. The molecule has 1 heterocycles. The predicted molar refractivity (Wildman–Crippen MR) is 98.2 cm³/mol. The van der Waals surface area contributed by atoms with E-state index in [1.165, 1.54) is 11.3 Å². The van der Waals surface area contributed by atoms with E-state index >= 15 is 0 Å². The van der Waals surface area contributed by atoms with Crippen molar-refractivity contribution >= 4 is 5.91 Å². The SMILES string of the molecule is Cc1ccc(-n2nc(C(=O)NC(C)CCCO)c3c2CCCC3)cc1. The average molecular weight is 341 g/mol. The summed E-state index contributed by atoms with van der Waals surface area (Å²) in [6.45, 7) is 4.18. The first kappa shape index (κ1) is 17.7. The number of nitrogens with one attached hydrogen (secondary N) is 1. The van der Waals surface area contributed by atoms with Crippen molar-refractivity contribution in [3.8, 4) is 5.69 Å². The van der Waals surface area contributed by atoms with Crippen LogP contribution in [0.3, 0.4) is 0 Å². The topological polar surface area (TPSA) is 67.2 Å². The maximum absolute atomic E-state index is 12.7. The second kappa shape index (κ2) is 7.83. The molecule has 0 saturated carbocycles. The fraction of sp³-hybridized carbons (Fsp3) is 0.500. The zero-order valence-electron chi connectivity index (χ0n) is 15.1. The van der Waals surface area contributed by atoms with Gasteiger partial charge in [0.1, 0.15) is 0 Å². The molecule has 0 radical (unpaired) electrons. The average Bonchev–Trinajstić information content (AvgIpc) is 3.00. The Kier molecular flexibility index (Phi) is 5.53. The predicted octanol–water partition coefficient (Wildman–Crippen LogP) is 2.95. The molecule has 0 saturated heterocycles. The van der Waals surface area contributed by atoms with Crippen molar-refractivity contribution in [2.75, 3.05) is 6.61 Å². The number of benzene rings is 1. The molecule has 0 fully saturated rings. The summed E-state index contributed by atoms with van der Waals surface area (Å²) in [6.07, 6.45) is 5.57. The van der Waals surface area contributed by atoms with Crippen LogP contribution in [0, 0.1) is 6.92 Å². The summed E-state index contributed by atoms with van der Waals surface area (Å²) in [7, 11) is 0. The molecule has 0 spiro atoms. The van der Waals surface area contributed by atoms with E-state index in [4.69, 9.17) is 5.11 Å². The molecule has 2 N–H and O–H groups in total. The van der Waals surface area contributed by atoms with Gasteiger partial charge in [0.25, 0.3) is 5.91 Å². The summed E-state index contributed by atoms with van der Waals surface area (Å²) in [6, 6.07) is 8.29. The quantitative estimate of drug-likeness (QED) is 0.849. The maximum Gasteiger partial charge on any atom is 0.272 e. The van der Waals surface area contributed by atoms with E-state index in [1.807, 2.05) is 11.6 Å². The van der Waals surface area contributed by atoms with Crippen molar-refractivity contribution in [2.24, 2.45) is 0 Å². The van der Waals surface area contributed by atoms with E-state index in [0.717, 1.165) is 43.4 Å². The van der Waals surface area contributed by atoms with Crippen molar-refractivity contribution in [1.82, 2.24) is 15.1 Å². The fourth-order valence-electron chi connectivity index (χ4n) is 3.44. The van der Waals surface area contributed by atoms with Crippen LogP contribution in [0.25, 0.3) is 5.69 Å². The van der Waals surface area contributed by atoms with Gasteiger partial charge >= 0.3 is 0 Å². The Bertz CT molecular complexity index is 734. The van der Waals surface area contributed by atoms with Crippen molar-refractivity contribution in [2.45, 2.75) is 58.4 Å². The van der Waals surface area contributed by atoms with Gasteiger partial charge in [0, 0.05) is 23.9 Å². The van der Waals surface area contributed by atoms with Crippen LogP contribution in [0.5, 0.6) is 0 Å². The zero-order chi connectivity index (χ0) is 17.8. The monoisotopic (exact) mass is 341 g/mol. The molecule has 25 heavy (non-hydrogen) atoms. The lowest BCUT2D eigenvalue weighted by atomic mass is 9.95. The second-order valence-electron chi connectivity index (χ2n) is 6.97. The van der Waals surface area contributed by atoms with Gasteiger partial charge in [0.15, 0.2) is 5.69 Å². The Labute approximate surface area is 149 Å². The molecular weight excluding hydrogens is 314 g/mol. The van der Waals surface area contributed by atoms with Crippen LogP contribution in [-0.2, 0) is 12.8 Å². The molecule has 1 aromatic carbocycles. The first-order valence-corrected chi connectivity index (χ1v) is 9.19. The van der Waals surface area contributed by atoms with E-state index in [-0.39, 0.29) is 18.6 Å². The normalized spacial score (nSPS) is 14.8. The number of rotatable bonds is 6. The number of aryl methyl sites for hydroxylation is 1. The van der Waals surface area contributed by atoms with Crippen LogP contribution >= 0.6 is 0 Å². The standard InChI is InChI=1S/C20H27N3O2/c1-14-9-11-16(12-10-14)23-18-8-4-3-7-17(18)19(22-23)20(25)21-15(2)6-5-13-24/h9-12,15,24H,3-8,13H2,1-2H3,(H,21,25). The highest BCUT2D eigenvalue weighted by atomic mass is 16.3. The minimum Gasteiger partial charge on any atom is -0.396 e. The van der Waals surface area contributed by atoms with Crippen LogP contribution in [0.4, 0.5) is 0 Å². The Morgan fingerprint density at radius 3 is 2.72 bits per heavy atom. The first-order chi connectivity index (χ1) is 12.1. The summed E-state index contributed by atoms with van der Waals surface area (Å²) in [4.78, 5) is 12.7. The van der Waals surface area contributed by atoms with Crippen LogP contribution in [0.2, 0.25) is 0 Å². The minimum atomic E-state index is -0.102. The lowest BCUT2D eigenvalue weighted by Gasteiger charge is -2.15. The summed E-state index contributed by atoms with van der Waals surface area (Å²) in [5, 5.41) is 16.7. The lowest BCUT2D eigenvalue weighted by molar-refractivity contribution is 0.0930. The molecule has 1 aliphatic rings. The number of aromatic nitrogens is 2. The largest absolute Gasteiger partial charge is 0.396 e. The molecule has 5 nitrogen and oxygen atoms in total. The van der Waals surface area contributed by atoms with Crippen LogP contribution < -0.4 is 5.32 Å². The van der Waals surface area contributed by atoms with Crippen molar-refractivity contribution in [1.29, 1.82) is 0 Å². The third-order valence-corrected chi connectivity index (χ3v) is 4.85. The number of nitrogens with zero attached hydrogens (tertiary/aromatic N) is 2. The Hall–Kier alpha value is -2.14. The van der Waals surface area contributed by atoms with E-state index in [1.54, 1.807) is 0 Å². The van der Waals surface area contributed by atoms with Crippen LogP contribution in [-0.4, -0.2) is 33.4 Å². The second-order valence-corrected chi connectivity index (χ2v) is 6.97. The smallest absolute Gasteiger partial charge is 0.272 e. The summed E-state index contributed by atoms with van der Waals surface area (Å²) >= 11 is 0. The van der Waals surface area contributed by atoms with Gasteiger partial charge in [-0.1, -0.05) is 17.7 Å². The van der Waals surface area contributed by atoms with Crippen molar-refractivity contribution in [3.63, 3.8) is 0 Å². The van der Waals surface area contributed by atoms with Crippen molar-refractivity contribution in [3.05, 3.63) is 46.8 Å². The van der Waals surface area contributed by atoms with Gasteiger partial charge in [-0.3, -0.25) is 4.79 Å². The van der Waals surface area contributed by atoms with Gasteiger partial charge in [-0.15, -0.1) is 0 Å². The minimum absolute atomic E-state index is 0.0309. The van der Waals surface area contributed by atoms with Gasteiger partial charge in [-0.05, 0) is 64.5 Å². The molecule has 1 aromatic heterocycles. The molecular formula is C20H27N3O2. The highest BCUT2D eigenvalue weighted by Crippen LogP contribution is 2.27. The fourth-order valence-corrected chi connectivity index (χ4v) is 3.44. The Balaban J connectivity index is 1.89. The number of carbonyl (C=O) groups excluding carboxylic acids is 1. The number of carbonyl (C=O) groups is 1. The van der Waals surface area contributed by atoms with Gasteiger partial charge in [0.2, 0.25) is 0 Å². The van der Waals surface area contributed by atoms with Gasteiger partial charge in [0.05, 0.1) is 5.69 Å². The number of aliphatic hydroxyl groups excluding tert-OH is 1. The van der Waals surface area contributed by atoms with Gasteiger partial charge in [-0.2, -0.15) is 5.10 Å². The van der Waals surface area contributed by atoms with E-state index in [2.05, 4.69) is 41.6 Å². The third-order valence-electron chi connectivity index (χ3n) is 4.85. The number of amides is 1. The van der Waals surface area contributed by atoms with Crippen molar-refractivity contribution < 1.29 is 9.90 Å². The number of hydrogen-bond donors (Lipinski definition) is 2. The molecule has 1 amide bonds. The summed E-state index contributed by atoms with van der Waals surface area (Å²) < 4.78 is 1.95. The molecule has 5 heteroatoms. The third kappa shape index (κ3) is 3.93. The van der Waals surface area contributed by atoms with Crippen LogP contribution in [0.1, 0.15) is 59.9 Å². The Morgan fingerprint density at radius 1 is 1.28 bits per heavy atom. The van der Waals surface area contributed by atoms with E-state index < -0.39 is 0 Å². The first-order valence-electron chi connectivity index (χ1n) is 9.19. The molecule has 3 rings (SSSR count). The molecule has 1 aliphatic carbocycles. The lowest BCUT2D eigenvalue weighted by Crippen LogP contribution is -2.33. The highest BCUT2D eigenvalue weighted by Gasteiger charge is 2.26. The van der Waals surface area contributed by atoms with E-state index in [0.29, 0.717) is 12.1 Å². The van der Waals surface area contributed by atoms with Crippen LogP contribution in [0.15, 0.2) is 24.3 Å². The summed E-state index contributed by atoms with van der Waals surface area (Å²) in [5.41, 5.74) is 5.05. The van der Waals surface area contributed by atoms with Gasteiger partial charge < -0.3 is 10.4 Å². The Morgan fingerprint density at radius 2 is 2.00 bits per heavy atom. The molecule has 1 unspecified atom stereocenters. The summed E-state index contributed by atoms with van der Waals surface area (Å²) in [5.74, 6) is -0.102. The molecule has 0 bridgehead atoms. The number of hydrogen-bond acceptors (Lipinski definition) is 3.